The van der Waals surface area contributed by atoms with E-state index in [-0.39, 0.29) is 12.5 Å². The number of carbonyl (C=O) groups is 1. The van der Waals surface area contributed by atoms with Crippen LogP contribution in [-0.4, -0.2) is 37.8 Å². The summed E-state index contributed by atoms with van der Waals surface area (Å²) in [6.07, 6.45) is 0.532. The van der Waals surface area contributed by atoms with Gasteiger partial charge in [0, 0.05) is 26.7 Å². The van der Waals surface area contributed by atoms with Crippen molar-refractivity contribution in [3.8, 4) is 0 Å². The molecule has 1 amide bonds. The normalized spacial score (nSPS) is 11.7. The molecule has 0 heterocycles. The molecular weight excluding hydrogens is 196 g/mol. The fraction of sp³-hybridized carbons (Fsp3) is 0.667. The number of nitrogens with two attached hydrogens (primary N) is 1. The van der Waals surface area contributed by atoms with E-state index in [1.165, 1.54) is 0 Å². The fourth-order valence-electron chi connectivity index (χ4n) is 1.02. The monoisotopic (exact) mass is 216 g/mol. The van der Waals surface area contributed by atoms with Crippen LogP contribution >= 0.6 is 0 Å². The molecule has 0 unspecified atom stereocenters. The van der Waals surface area contributed by atoms with Crippen LogP contribution in [0.4, 0.5) is 0 Å². The van der Waals surface area contributed by atoms with Crippen LogP contribution < -0.4 is 21.7 Å². The summed E-state index contributed by atoms with van der Waals surface area (Å²) in [5, 5.41) is 16.8. The van der Waals surface area contributed by atoms with E-state index in [4.69, 9.17) is 10.8 Å². The van der Waals surface area contributed by atoms with E-state index in [1.807, 2.05) is 6.92 Å². The second kappa shape index (κ2) is 7.93. The van der Waals surface area contributed by atoms with Crippen molar-refractivity contribution in [2.24, 2.45) is 5.73 Å². The Hall–Kier alpha value is -1.43. The average molecular weight is 216 g/mol. The van der Waals surface area contributed by atoms with Gasteiger partial charge in [-0.25, -0.2) is 0 Å². The Kier molecular flexibility index (Phi) is 7.17. The number of likely N-dealkylation sites (N-methyl/N-ethyl adjacent to an activating group) is 1. The van der Waals surface area contributed by atoms with E-state index in [0.29, 0.717) is 31.0 Å². The largest absolute Gasteiger partial charge is 0.396 e. The van der Waals surface area contributed by atoms with Crippen molar-refractivity contribution in [2.45, 2.75) is 13.3 Å². The van der Waals surface area contributed by atoms with Crippen LogP contribution in [-0.2, 0) is 4.79 Å². The molecule has 88 valence electrons. The molecule has 6 heteroatoms. The minimum atomic E-state index is -0.274. The van der Waals surface area contributed by atoms with Gasteiger partial charge in [-0.3, -0.25) is 4.79 Å². The summed E-state index contributed by atoms with van der Waals surface area (Å²) in [6, 6.07) is 0. The Balaban J connectivity index is 4.27. The van der Waals surface area contributed by atoms with Crippen molar-refractivity contribution >= 4 is 5.91 Å². The Morgan fingerprint density at radius 2 is 2.07 bits per heavy atom. The fourth-order valence-corrected chi connectivity index (χ4v) is 1.02. The SMILES string of the molecule is CCN/C(N)=C(/NC)C(=O)NCCCO. The van der Waals surface area contributed by atoms with Gasteiger partial charge >= 0.3 is 0 Å². The molecule has 0 aromatic carbocycles. The summed E-state index contributed by atoms with van der Waals surface area (Å²) < 4.78 is 0. The van der Waals surface area contributed by atoms with Crippen molar-refractivity contribution in [1.29, 1.82) is 0 Å². The standard InChI is InChI=1S/C9H20N4O2/c1-3-12-8(10)7(11-2)9(15)13-5-4-6-14/h11-12,14H,3-6,10H2,1-2H3,(H,13,15)/b8-7+. The summed E-state index contributed by atoms with van der Waals surface area (Å²) in [5.41, 5.74) is 5.95. The third kappa shape index (κ3) is 5.11. The lowest BCUT2D eigenvalue weighted by Gasteiger charge is -2.12. The molecule has 0 saturated heterocycles. The molecule has 0 saturated carbocycles. The van der Waals surface area contributed by atoms with Gasteiger partial charge in [0.05, 0.1) is 0 Å². The molecule has 0 fully saturated rings. The van der Waals surface area contributed by atoms with E-state index in [2.05, 4.69) is 16.0 Å². The van der Waals surface area contributed by atoms with E-state index >= 15 is 0 Å². The van der Waals surface area contributed by atoms with Gasteiger partial charge in [0.1, 0.15) is 11.5 Å². The second-order valence-corrected chi connectivity index (χ2v) is 2.90. The number of aliphatic hydroxyl groups excluding tert-OH is 1. The summed E-state index contributed by atoms with van der Waals surface area (Å²) in [4.78, 5) is 11.5. The molecule has 0 radical (unpaired) electrons. The number of aliphatic hydroxyl groups is 1. The van der Waals surface area contributed by atoms with E-state index in [0.717, 1.165) is 0 Å². The van der Waals surface area contributed by atoms with Gasteiger partial charge < -0.3 is 26.8 Å². The smallest absolute Gasteiger partial charge is 0.271 e. The molecule has 0 aliphatic heterocycles. The molecule has 6 N–H and O–H groups in total. The molecule has 0 aliphatic carbocycles. The quantitative estimate of drug-likeness (QED) is 0.262. The minimum absolute atomic E-state index is 0.0571. The molecule has 0 spiro atoms. The van der Waals surface area contributed by atoms with Gasteiger partial charge in [0.15, 0.2) is 0 Å². The Morgan fingerprint density at radius 1 is 1.40 bits per heavy atom. The van der Waals surface area contributed by atoms with Crippen LogP contribution in [0.2, 0.25) is 0 Å². The Labute approximate surface area is 89.9 Å². The second-order valence-electron chi connectivity index (χ2n) is 2.90. The van der Waals surface area contributed by atoms with Crippen molar-refractivity contribution in [2.75, 3.05) is 26.7 Å². The first-order valence-corrected chi connectivity index (χ1v) is 4.97. The predicted molar refractivity (Wildman–Crippen MR) is 58.7 cm³/mol. The number of hydrogen-bond donors (Lipinski definition) is 5. The van der Waals surface area contributed by atoms with Crippen LogP contribution in [0.15, 0.2) is 11.5 Å². The zero-order valence-electron chi connectivity index (χ0n) is 9.26. The summed E-state index contributed by atoms with van der Waals surface area (Å²) in [7, 11) is 1.63. The lowest BCUT2D eigenvalue weighted by molar-refractivity contribution is -0.117. The van der Waals surface area contributed by atoms with Crippen LogP contribution in [0.3, 0.4) is 0 Å². The first kappa shape index (κ1) is 13.6. The average Bonchev–Trinajstić information content (AvgIpc) is 2.19. The molecule has 0 aliphatic rings. The maximum atomic E-state index is 11.5. The molecule has 0 aromatic heterocycles. The molecule has 0 rings (SSSR count). The van der Waals surface area contributed by atoms with Crippen LogP contribution in [0.1, 0.15) is 13.3 Å². The van der Waals surface area contributed by atoms with Gasteiger partial charge in [-0.1, -0.05) is 0 Å². The summed E-state index contributed by atoms with van der Waals surface area (Å²) >= 11 is 0. The highest BCUT2D eigenvalue weighted by Gasteiger charge is 2.10. The summed E-state index contributed by atoms with van der Waals surface area (Å²) in [6.45, 7) is 3.03. The first-order valence-electron chi connectivity index (χ1n) is 4.97. The third-order valence-electron chi connectivity index (χ3n) is 1.73. The highest BCUT2D eigenvalue weighted by molar-refractivity contribution is 5.93. The third-order valence-corrected chi connectivity index (χ3v) is 1.73. The van der Waals surface area contributed by atoms with Gasteiger partial charge in [0.25, 0.3) is 5.91 Å². The van der Waals surface area contributed by atoms with Gasteiger partial charge in [-0.2, -0.15) is 0 Å². The van der Waals surface area contributed by atoms with E-state index in [1.54, 1.807) is 7.05 Å². The highest BCUT2D eigenvalue weighted by Crippen LogP contribution is 1.91. The lowest BCUT2D eigenvalue weighted by atomic mass is 10.3. The van der Waals surface area contributed by atoms with Crippen molar-refractivity contribution in [1.82, 2.24) is 16.0 Å². The van der Waals surface area contributed by atoms with Gasteiger partial charge in [0.2, 0.25) is 0 Å². The van der Waals surface area contributed by atoms with E-state index in [9.17, 15) is 4.79 Å². The van der Waals surface area contributed by atoms with Crippen LogP contribution in [0.25, 0.3) is 0 Å². The molecule has 15 heavy (non-hydrogen) atoms. The molecular formula is C9H20N4O2. The van der Waals surface area contributed by atoms with Crippen LogP contribution in [0.5, 0.6) is 0 Å². The predicted octanol–water partition coefficient (Wildman–Crippen LogP) is -1.56. The number of hydrogen-bond acceptors (Lipinski definition) is 5. The van der Waals surface area contributed by atoms with Crippen molar-refractivity contribution in [3.05, 3.63) is 11.5 Å². The Bertz CT molecular complexity index is 228. The molecule has 0 bridgehead atoms. The number of carbonyl (C=O) groups excluding carboxylic acids is 1. The number of nitrogens with one attached hydrogen (secondary N) is 3. The molecule has 0 atom stereocenters. The van der Waals surface area contributed by atoms with Gasteiger partial charge in [-0.15, -0.1) is 0 Å². The zero-order valence-corrected chi connectivity index (χ0v) is 9.26. The maximum Gasteiger partial charge on any atom is 0.271 e. The number of rotatable bonds is 7. The highest BCUT2D eigenvalue weighted by atomic mass is 16.3. The zero-order chi connectivity index (χ0) is 11.7. The van der Waals surface area contributed by atoms with Crippen molar-refractivity contribution < 1.29 is 9.90 Å². The number of amides is 1. The molecule has 0 aromatic rings. The van der Waals surface area contributed by atoms with E-state index < -0.39 is 0 Å². The topological polar surface area (TPSA) is 99.4 Å². The van der Waals surface area contributed by atoms with Crippen LogP contribution in [0, 0.1) is 0 Å². The lowest BCUT2D eigenvalue weighted by Crippen LogP contribution is -2.36. The Morgan fingerprint density at radius 3 is 2.53 bits per heavy atom. The van der Waals surface area contributed by atoms with Gasteiger partial charge in [-0.05, 0) is 13.3 Å². The summed E-state index contributed by atoms with van der Waals surface area (Å²) in [5.74, 6) is 0.0471. The molecule has 6 nitrogen and oxygen atoms in total. The van der Waals surface area contributed by atoms with Crippen molar-refractivity contribution in [3.63, 3.8) is 0 Å². The maximum absolute atomic E-state index is 11.5. The minimum Gasteiger partial charge on any atom is -0.396 e. The first-order chi connectivity index (χ1) is 7.17.